The molecule has 0 spiro atoms. The molecule has 0 atom stereocenters. The van der Waals surface area contributed by atoms with Crippen LogP contribution in [0.5, 0.6) is 5.75 Å². The minimum atomic E-state index is -4.15. The van der Waals surface area contributed by atoms with E-state index in [0.29, 0.717) is 39.3 Å². The number of hydrogen-bond acceptors (Lipinski definition) is 8. The largest absolute Gasteiger partial charge is 0.497 e. The Kier molecular flexibility index (Phi) is 10.6. The lowest BCUT2D eigenvalue weighted by molar-refractivity contribution is 0.0998. The standard InChI is InChI=1S/C41H38N4O6S/c1-26-20-35(24-36-38(26)43-25-37(40(42)47)39(36)44-32-12-7-13-33(23-32)51-2)52(49,50)34-14-6-10-30(22-34)41(48)45-31-11-5-9-29(21-31)28-17-15-27(16-18-28)8-3-4-19-46/h5-7,9-18,20-25,46H,3-4,8,19H2,1-2H3,(H2,42,47)(H,43,44)(H,45,48). The Morgan fingerprint density at radius 2 is 1.58 bits per heavy atom. The number of pyridine rings is 1. The summed E-state index contributed by atoms with van der Waals surface area (Å²) in [6.45, 7) is 1.92. The fourth-order valence-electron chi connectivity index (χ4n) is 5.99. The van der Waals surface area contributed by atoms with Crippen LogP contribution in [0.1, 0.15) is 44.7 Å². The molecular weight excluding hydrogens is 677 g/mol. The second-order valence-electron chi connectivity index (χ2n) is 12.3. The number of aromatic nitrogens is 1. The molecule has 6 aromatic rings. The first-order valence-corrected chi connectivity index (χ1v) is 18.2. The summed E-state index contributed by atoms with van der Waals surface area (Å²) >= 11 is 0. The Morgan fingerprint density at radius 3 is 2.33 bits per heavy atom. The Morgan fingerprint density at radius 1 is 0.827 bits per heavy atom. The lowest BCUT2D eigenvalue weighted by Gasteiger charge is -2.16. The van der Waals surface area contributed by atoms with E-state index in [1.165, 1.54) is 49.2 Å². The Bertz CT molecular complexity index is 2390. The first-order valence-electron chi connectivity index (χ1n) is 16.7. The van der Waals surface area contributed by atoms with Crippen molar-refractivity contribution in [3.63, 3.8) is 0 Å². The van der Waals surface area contributed by atoms with Crippen LogP contribution < -0.4 is 21.1 Å². The Labute approximate surface area is 302 Å². The summed E-state index contributed by atoms with van der Waals surface area (Å²) in [5.74, 6) is -0.627. The maximum absolute atomic E-state index is 14.1. The highest BCUT2D eigenvalue weighted by atomic mass is 32.2. The van der Waals surface area contributed by atoms with Crippen molar-refractivity contribution in [3.05, 3.63) is 138 Å². The molecule has 0 radical (unpaired) electrons. The van der Waals surface area contributed by atoms with Gasteiger partial charge in [-0.25, -0.2) is 8.42 Å². The summed E-state index contributed by atoms with van der Waals surface area (Å²) in [4.78, 5) is 30.3. The highest BCUT2D eigenvalue weighted by molar-refractivity contribution is 7.91. The van der Waals surface area contributed by atoms with Gasteiger partial charge in [0.05, 0.1) is 33.7 Å². The number of hydrogen-bond donors (Lipinski definition) is 4. The number of carbonyl (C=O) groups excluding carboxylic acids is 2. The van der Waals surface area contributed by atoms with Gasteiger partial charge >= 0.3 is 0 Å². The van der Waals surface area contributed by atoms with E-state index in [0.717, 1.165) is 30.4 Å². The highest BCUT2D eigenvalue weighted by Gasteiger charge is 2.23. The van der Waals surface area contributed by atoms with Gasteiger partial charge in [-0.05, 0) is 103 Å². The van der Waals surface area contributed by atoms with Gasteiger partial charge in [0, 0.05) is 41.2 Å². The lowest BCUT2D eigenvalue weighted by Crippen LogP contribution is -2.15. The number of benzene rings is 5. The molecule has 0 fully saturated rings. The molecule has 0 aliphatic carbocycles. The van der Waals surface area contributed by atoms with Crippen LogP contribution in [-0.2, 0) is 16.3 Å². The van der Waals surface area contributed by atoms with Crippen LogP contribution in [0.25, 0.3) is 22.0 Å². The number of nitrogens with zero attached hydrogens (tertiary/aromatic N) is 1. The number of methoxy groups -OCH3 is 1. The molecule has 5 aromatic carbocycles. The number of aliphatic hydroxyl groups is 1. The van der Waals surface area contributed by atoms with Crippen molar-refractivity contribution in [3.8, 4) is 16.9 Å². The molecule has 6 rings (SSSR count). The van der Waals surface area contributed by atoms with Gasteiger partial charge in [-0.2, -0.15) is 0 Å². The van der Waals surface area contributed by atoms with Crippen LogP contribution in [0.4, 0.5) is 17.1 Å². The van der Waals surface area contributed by atoms with Crippen molar-refractivity contribution in [2.24, 2.45) is 5.73 Å². The molecule has 0 saturated carbocycles. The third-order valence-electron chi connectivity index (χ3n) is 8.74. The van der Waals surface area contributed by atoms with E-state index in [2.05, 4.69) is 27.8 Å². The van der Waals surface area contributed by atoms with Crippen molar-refractivity contribution in [1.82, 2.24) is 4.98 Å². The van der Waals surface area contributed by atoms with Gasteiger partial charge < -0.3 is 26.2 Å². The second kappa shape index (κ2) is 15.5. The number of aryl methyl sites for hydroxylation is 2. The summed E-state index contributed by atoms with van der Waals surface area (Å²) in [7, 11) is -2.61. The van der Waals surface area contributed by atoms with Crippen molar-refractivity contribution in [2.45, 2.75) is 36.0 Å². The van der Waals surface area contributed by atoms with Gasteiger partial charge in [0.2, 0.25) is 9.84 Å². The number of rotatable bonds is 13. The maximum Gasteiger partial charge on any atom is 0.255 e. The summed E-state index contributed by atoms with van der Waals surface area (Å²) in [5.41, 5.74) is 11.6. The SMILES string of the molecule is COc1cccc(Nc2c(C(N)=O)cnc3c(C)cc(S(=O)(=O)c4cccc(C(=O)Nc5cccc(-c6ccc(CCCCO)cc6)c5)c4)cc23)c1. The van der Waals surface area contributed by atoms with Gasteiger partial charge in [0.15, 0.2) is 0 Å². The van der Waals surface area contributed by atoms with E-state index in [-0.39, 0.29) is 27.5 Å². The minimum Gasteiger partial charge on any atom is -0.497 e. The van der Waals surface area contributed by atoms with Crippen molar-refractivity contribution in [1.29, 1.82) is 0 Å². The molecule has 0 aliphatic heterocycles. The van der Waals surface area contributed by atoms with Crippen LogP contribution >= 0.6 is 0 Å². The van der Waals surface area contributed by atoms with Crippen molar-refractivity contribution in [2.75, 3.05) is 24.4 Å². The molecule has 0 saturated heterocycles. The third-order valence-corrected chi connectivity index (χ3v) is 10.5. The number of anilines is 3. The second-order valence-corrected chi connectivity index (χ2v) is 14.3. The molecule has 1 aromatic heterocycles. The summed E-state index contributed by atoms with van der Waals surface area (Å²) in [5, 5.41) is 15.5. The monoisotopic (exact) mass is 714 g/mol. The molecule has 52 heavy (non-hydrogen) atoms. The number of sulfone groups is 1. The molecular formula is C41H38N4O6S. The summed E-state index contributed by atoms with van der Waals surface area (Å²) in [6.07, 6.45) is 3.94. The molecule has 2 amide bonds. The van der Waals surface area contributed by atoms with E-state index >= 15 is 0 Å². The van der Waals surface area contributed by atoms with Gasteiger partial charge in [-0.1, -0.05) is 48.5 Å². The fraction of sp³-hybridized carbons (Fsp3) is 0.146. The maximum atomic E-state index is 14.1. The number of primary amides is 1. The molecule has 0 unspecified atom stereocenters. The highest BCUT2D eigenvalue weighted by Crippen LogP contribution is 2.35. The number of ether oxygens (including phenoxy) is 1. The number of fused-ring (bicyclic) bond motifs is 1. The van der Waals surface area contributed by atoms with Crippen LogP contribution in [0.3, 0.4) is 0 Å². The summed E-state index contributed by atoms with van der Waals surface area (Å²) in [6, 6.07) is 31.5. The molecule has 5 N–H and O–H groups in total. The zero-order valence-electron chi connectivity index (χ0n) is 28.7. The molecule has 10 nitrogen and oxygen atoms in total. The quantitative estimate of drug-likeness (QED) is 0.0897. The number of nitrogens with two attached hydrogens (primary N) is 1. The average Bonchev–Trinajstić information content (AvgIpc) is 3.15. The number of nitrogens with one attached hydrogen (secondary N) is 2. The van der Waals surface area contributed by atoms with Crippen LogP contribution in [-0.4, -0.2) is 44.0 Å². The lowest BCUT2D eigenvalue weighted by atomic mass is 10.0. The average molecular weight is 715 g/mol. The zero-order chi connectivity index (χ0) is 36.8. The topological polar surface area (TPSA) is 161 Å². The minimum absolute atomic E-state index is 0.0423. The normalized spacial score (nSPS) is 11.3. The van der Waals surface area contributed by atoms with Gasteiger partial charge in [-0.15, -0.1) is 0 Å². The Balaban J connectivity index is 1.28. The number of aliphatic hydroxyl groups excluding tert-OH is 1. The van der Waals surface area contributed by atoms with E-state index in [4.69, 9.17) is 15.6 Å². The molecule has 0 aliphatic rings. The van der Waals surface area contributed by atoms with E-state index in [1.807, 2.05) is 30.3 Å². The van der Waals surface area contributed by atoms with E-state index < -0.39 is 21.7 Å². The molecule has 1 heterocycles. The fourth-order valence-corrected chi connectivity index (χ4v) is 7.41. The first kappa shape index (κ1) is 35.8. The zero-order valence-corrected chi connectivity index (χ0v) is 29.5. The molecule has 0 bridgehead atoms. The number of carbonyl (C=O) groups is 2. The number of amides is 2. The summed E-state index contributed by atoms with van der Waals surface area (Å²) < 4.78 is 33.6. The third kappa shape index (κ3) is 7.80. The van der Waals surface area contributed by atoms with E-state index in [9.17, 15) is 18.0 Å². The predicted octanol–water partition coefficient (Wildman–Crippen LogP) is 7.46. The van der Waals surface area contributed by atoms with Crippen LogP contribution in [0.2, 0.25) is 0 Å². The van der Waals surface area contributed by atoms with Gasteiger partial charge in [0.1, 0.15) is 5.75 Å². The van der Waals surface area contributed by atoms with Gasteiger partial charge in [0.25, 0.3) is 11.8 Å². The predicted molar refractivity (Wildman–Crippen MR) is 203 cm³/mol. The van der Waals surface area contributed by atoms with Crippen LogP contribution in [0, 0.1) is 6.92 Å². The van der Waals surface area contributed by atoms with E-state index in [1.54, 1.807) is 43.3 Å². The van der Waals surface area contributed by atoms with Gasteiger partial charge in [-0.3, -0.25) is 14.6 Å². The first-order chi connectivity index (χ1) is 25.1. The molecule has 11 heteroatoms. The van der Waals surface area contributed by atoms with Crippen LogP contribution in [0.15, 0.2) is 125 Å². The van der Waals surface area contributed by atoms with Crippen molar-refractivity contribution >= 4 is 49.6 Å². The number of unbranched alkanes of at least 4 members (excludes halogenated alkanes) is 1. The van der Waals surface area contributed by atoms with Crippen molar-refractivity contribution < 1.29 is 27.9 Å². The Hall–Kier alpha value is -6.04. The molecule has 264 valence electrons. The smallest absolute Gasteiger partial charge is 0.255 e.